The van der Waals surface area contributed by atoms with Crippen LogP contribution in [0.25, 0.3) is 6.08 Å². The molecule has 106 valence electrons. The SMILES string of the molecule is CC1=C(C#N)C(=O)NC(=O)/C1=C/c1ccc(N(C)C)cc1. The van der Waals surface area contributed by atoms with Crippen molar-refractivity contribution in [2.24, 2.45) is 0 Å². The molecule has 0 fully saturated rings. The van der Waals surface area contributed by atoms with Crippen molar-refractivity contribution in [3.8, 4) is 6.07 Å². The molecule has 0 saturated carbocycles. The zero-order valence-corrected chi connectivity index (χ0v) is 12.1. The monoisotopic (exact) mass is 281 g/mol. The molecule has 0 saturated heterocycles. The lowest BCUT2D eigenvalue weighted by atomic mass is 9.95. The summed E-state index contributed by atoms with van der Waals surface area (Å²) >= 11 is 0. The molecule has 1 N–H and O–H groups in total. The second-order valence-electron chi connectivity index (χ2n) is 4.94. The summed E-state index contributed by atoms with van der Waals surface area (Å²) in [5, 5.41) is 11.2. The average molecular weight is 281 g/mol. The summed E-state index contributed by atoms with van der Waals surface area (Å²) in [5.41, 5.74) is 2.60. The Morgan fingerprint density at radius 1 is 1.14 bits per heavy atom. The number of anilines is 1. The third-order valence-electron chi connectivity index (χ3n) is 3.31. The Labute approximate surface area is 123 Å². The van der Waals surface area contributed by atoms with Crippen molar-refractivity contribution < 1.29 is 9.59 Å². The summed E-state index contributed by atoms with van der Waals surface area (Å²) in [6.07, 6.45) is 1.67. The second-order valence-corrected chi connectivity index (χ2v) is 4.94. The minimum atomic E-state index is -0.639. The van der Waals surface area contributed by atoms with Crippen LogP contribution in [0.2, 0.25) is 0 Å². The smallest absolute Gasteiger partial charge is 0.269 e. The van der Waals surface area contributed by atoms with Crippen molar-refractivity contribution in [1.29, 1.82) is 5.26 Å². The van der Waals surface area contributed by atoms with Gasteiger partial charge in [0.25, 0.3) is 11.8 Å². The highest BCUT2D eigenvalue weighted by molar-refractivity contribution is 6.19. The largest absolute Gasteiger partial charge is 0.378 e. The fraction of sp³-hybridized carbons (Fsp3) is 0.188. The molecule has 2 amide bonds. The quantitative estimate of drug-likeness (QED) is 0.660. The van der Waals surface area contributed by atoms with Crippen molar-refractivity contribution in [2.45, 2.75) is 6.92 Å². The van der Waals surface area contributed by atoms with Gasteiger partial charge >= 0.3 is 0 Å². The van der Waals surface area contributed by atoms with Gasteiger partial charge in [0, 0.05) is 25.4 Å². The highest BCUT2D eigenvalue weighted by Crippen LogP contribution is 2.23. The van der Waals surface area contributed by atoms with E-state index in [1.54, 1.807) is 13.0 Å². The first kappa shape index (κ1) is 14.5. The van der Waals surface area contributed by atoms with Crippen molar-refractivity contribution in [2.75, 3.05) is 19.0 Å². The Kier molecular flexibility index (Phi) is 3.90. The van der Waals surface area contributed by atoms with Crippen molar-refractivity contribution in [1.82, 2.24) is 5.32 Å². The summed E-state index contributed by atoms with van der Waals surface area (Å²) in [7, 11) is 3.89. The minimum Gasteiger partial charge on any atom is -0.378 e. The molecule has 5 heteroatoms. The molecule has 1 aliphatic rings. The predicted octanol–water partition coefficient (Wildman–Crippen LogP) is 1.63. The molecule has 0 aromatic heterocycles. The van der Waals surface area contributed by atoms with Crippen LogP contribution in [0.5, 0.6) is 0 Å². The highest BCUT2D eigenvalue weighted by Gasteiger charge is 2.27. The number of nitrogens with zero attached hydrogens (tertiary/aromatic N) is 2. The maximum Gasteiger partial charge on any atom is 0.269 e. The number of benzene rings is 1. The van der Waals surface area contributed by atoms with E-state index in [9.17, 15) is 9.59 Å². The topological polar surface area (TPSA) is 73.2 Å². The zero-order chi connectivity index (χ0) is 15.6. The van der Waals surface area contributed by atoms with Crippen molar-refractivity contribution >= 4 is 23.6 Å². The third kappa shape index (κ3) is 2.84. The Morgan fingerprint density at radius 3 is 2.29 bits per heavy atom. The summed E-state index contributed by atoms with van der Waals surface area (Å²) in [4.78, 5) is 25.4. The van der Waals surface area contributed by atoms with Crippen LogP contribution in [0.1, 0.15) is 12.5 Å². The lowest BCUT2D eigenvalue weighted by Gasteiger charge is -2.16. The van der Waals surface area contributed by atoms with E-state index in [1.807, 2.05) is 49.3 Å². The fourth-order valence-electron chi connectivity index (χ4n) is 2.05. The molecule has 0 aliphatic carbocycles. The first-order valence-electron chi connectivity index (χ1n) is 6.40. The van der Waals surface area contributed by atoms with Gasteiger partial charge in [-0.05, 0) is 36.3 Å². The molecule has 1 heterocycles. The van der Waals surface area contributed by atoms with Crippen LogP contribution in [0, 0.1) is 11.3 Å². The van der Waals surface area contributed by atoms with Gasteiger partial charge in [0.2, 0.25) is 0 Å². The molecule has 21 heavy (non-hydrogen) atoms. The summed E-state index contributed by atoms with van der Waals surface area (Å²) in [6.45, 7) is 1.61. The Morgan fingerprint density at radius 2 is 1.76 bits per heavy atom. The second kappa shape index (κ2) is 5.63. The van der Waals surface area contributed by atoms with Crippen LogP contribution in [0.3, 0.4) is 0 Å². The molecule has 0 radical (unpaired) electrons. The molecule has 1 aliphatic heterocycles. The van der Waals surface area contributed by atoms with Gasteiger partial charge in [-0.25, -0.2) is 0 Å². The van der Waals surface area contributed by atoms with Crippen molar-refractivity contribution in [3.05, 3.63) is 46.5 Å². The summed E-state index contributed by atoms with van der Waals surface area (Å²) in [6, 6.07) is 9.46. The number of imide groups is 1. The van der Waals surface area contributed by atoms with Crippen LogP contribution in [-0.2, 0) is 9.59 Å². The predicted molar refractivity (Wildman–Crippen MR) is 80.2 cm³/mol. The van der Waals surface area contributed by atoms with Gasteiger partial charge in [-0.3, -0.25) is 14.9 Å². The number of hydrogen-bond donors (Lipinski definition) is 1. The molecular formula is C16H15N3O2. The molecule has 0 spiro atoms. The average Bonchev–Trinajstić information content (AvgIpc) is 2.44. The van der Waals surface area contributed by atoms with Crippen molar-refractivity contribution in [3.63, 3.8) is 0 Å². The van der Waals surface area contributed by atoms with E-state index in [2.05, 4.69) is 5.32 Å². The molecular weight excluding hydrogens is 266 g/mol. The first-order valence-corrected chi connectivity index (χ1v) is 6.40. The van der Waals surface area contributed by atoms with Gasteiger partial charge < -0.3 is 4.90 Å². The number of carbonyl (C=O) groups excluding carboxylic acids is 2. The van der Waals surface area contributed by atoms with Gasteiger partial charge in [-0.1, -0.05) is 12.1 Å². The summed E-state index contributed by atoms with van der Waals surface area (Å²) in [5.74, 6) is -1.12. The van der Waals surface area contributed by atoms with Gasteiger partial charge in [-0.2, -0.15) is 5.26 Å². The summed E-state index contributed by atoms with van der Waals surface area (Å²) < 4.78 is 0. The highest BCUT2D eigenvalue weighted by atomic mass is 16.2. The number of hydrogen-bond acceptors (Lipinski definition) is 4. The van der Waals surface area contributed by atoms with Crippen LogP contribution < -0.4 is 10.2 Å². The Bertz CT molecular complexity index is 704. The van der Waals surface area contributed by atoms with E-state index in [4.69, 9.17) is 5.26 Å². The van der Waals surface area contributed by atoms with E-state index in [0.29, 0.717) is 11.1 Å². The molecule has 2 rings (SSSR count). The lowest BCUT2D eigenvalue weighted by molar-refractivity contribution is -0.126. The Hall–Kier alpha value is -2.87. The van der Waals surface area contributed by atoms with E-state index >= 15 is 0 Å². The molecule has 0 atom stereocenters. The fourth-order valence-corrected chi connectivity index (χ4v) is 2.05. The normalized spacial score (nSPS) is 16.8. The van der Waals surface area contributed by atoms with E-state index in [1.165, 1.54) is 0 Å². The van der Waals surface area contributed by atoms with Crippen LogP contribution >= 0.6 is 0 Å². The van der Waals surface area contributed by atoms with Gasteiger partial charge in [-0.15, -0.1) is 0 Å². The Balaban J connectivity index is 2.44. The molecule has 1 aromatic rings. The number of nitrogens with one attached hydrogen (secondary N) is 1. The molecule has 1 aromatic carbocycles. The molecule has 0 unspecified atom stereocenters. The van der Waals surface area contributed by atoms with E-state index < -0.39 is 11.8 Å². The van der Waals surface area contributed by atoms with E-state index in [-0.39, 0.29) is 5.57 Å². The zero-order valence-electron chi connectivity index (χ0n) is 12.1. The standard InChI is InChI=1S/C16H15N3O2/c1-10-13(15(20)18-16(21)14(10)9-17)8-11-4-6-12(7-5-11)19(2)3/h4-8H,1-3H3,(H,18,20,21)/b13-8+. The van der Waals surface area contributed by atoms with Gasteiger partial charge in [0.1, 0.15) is 11.6 Å². The van der Waals surface area contributed by atoms with Crippen LogP contribution in [-0.4, -0.2) is 25.9 Å². The first-order chi connectivity index (χ1) is 9.93. The number of amides is 2. The number of carbonyl (C=O) groups is 2. The maximum absolute atomic E-state index is 11.9. The third-order valence-corrected chi connectivity index (χ3v) is 3.31. The van der Waals surface area contributed by atoms with Gasteiger partial charge in [0.15, 0.2) is 0 Å². The maximum atomic E-state index is 11.9. The molecule has 5 nitrogen and oxygen atoms in total. The van der Waals surface area contributed by atoms with Crippen LogP contribution in [0.15, 0.2) is 41.0 Å². The van der Waals surface area contributed by atoms with Crippen LogP contribution in [0.4, 0.5) is 5.69 Å². The minimum absolute atomic E-state index is 0.0224. The van der Waals surface area contributed by atoms with E-state index in [0.717, 1.165) is 11.3 Å². The molecule has 0 bridgehead atoms. The number of rotatable bonds is 2. The lowest BCUT2D eigenvalue weighted by Crippen LogP contribution is -2.37. The van der Waals surface area contributed by atoms with Gasteiger partial charge in [0.05, 0.1) is 0 Å². The number of nitriles is 1.